The average Bonchev–Trinajstić information content (AvgIpc) is 3.31. The van der Waals surface area contributed by atoms with Gasteiger partial charge in [-0.3, -0.25) is 0 Å². The number of anilines is 1. The molecule has 6 nitrogen and oxygen atoms in total. The van der Waals surface area contributed by atoms with E-state index in [0.29, 0.717) is 0 Å². The van der Waals surface area contributed by atoms with Crippen LogP contribution in [0.15, 0.2) is 24.3 Å². The third-order valence-electron chi connectivity index (χ3n) is 7.00. The van der Waals surface area contributed by atoms with Crippen molar-refractivity contribution >= 4 is 22.5 Å². The summed E-state index contributed by atoms with van der Waals surface area (Å²) in [5.74, 6) is 1.83. The van der Waals surface area contributed by atoms with Gasteiger partial charge in [0.1, 0.15) is 0 Å². The van der Waals surface area contributed by atoms with Crippen LogP contribution in [0.5, 0.6) is 0 Å². The summed E-state index contributed by atoms with van der Waals surface area (Å²) in [6, 6.07) is 8.27. The molecule has 0 radical (unpaired) electrons. The number of ether oxygens (including phenoxy) is 1. The minimum Gasteiger partial charge on any atom is -0.378 e. The molecule has 3 aromatic rings. The van der Waals surface area contributed by atoms with Gasteiger partial charge < -0.3 is 9.64 Å². The van der Waals surface area contributed by atoms with E-state index in [0.717, 1.165) is 67.5 Å². The number of para-hydroxylation sites is 1. The van der Waals surface area contributed by atoms with E-state index in [1.807, 2.05) is 10.6 Å². The summed E-state index contributed by atoms with van der Waals surface area (Å²) >= 11 is 0. The number of unbranched alkanes of at least 4 members (excludes halogenated alkanes) is 12. The van der Waals surface area contributed by atoms with E-state index in [-0.39, 0.29) is 0 Å². The van der Waals surface area contributed by atoms with Crippen molar-refractivity contribution < 1.29 is 4.74 Å². The van der Waals surface area contributed by atoms with Gasteiger partial charge in [0.2, 0.25) is 5.95 Å². The zero-order chi connectivity index (χ0) is 23.4. The number of fused-ring (bicyclic) bond motifs is 3. The van der Waals surface area contributed by atoms with E-state index in [1.165, 1.54) is 77.0 Å². The van der Waals surface area contributed by atoms with Crippen LogP contribution in [0, 0.1) is 0 Å². The Morgan fingerprint density at radius 1 is 0.765 bits per heavy atom. The number of hydrogen-bond acceptors (Lipinski definition) is 5. The molecule has 1 aromatic carbocycles. The maximum absolute atomic E-state index is 5.54. The summed E-state index contributed by atoms with van der Waals surface area (Å²) in [6.07, 6.45) is 18.8. The molecule has 1 fully saturated rings. The van der Waals surface area contributed by atoms with Gasteiger partial charge in [0, 0.05) is 24.9 Å². The summed E-state index contributed by atoms with van der Waals surface area (Å²) < 4.78 is 7.51. The van der Waals surface area contributed by atoms with E-state index in [1.54, 1.807) is 0 Å². The lowest BCUT2D eigenvalue weighted by atomic mass is 10.0. The zero-order valence-electron chi connectivity index (χ0n) is 21.2. The Morgan fingerprint density at radius 2 is 1.38 bits per heavy atom. The highest BCUT2D eigenvalue weighted by Gasteiger charge is 2.20. The number of aryl methyl sites for hydroxylation is 1. The Balaban J connectivity index is 1.23. The molecule has 6 heteroatoms. The maximum atomic E-state index is 5.54. The first-order chi connectivity index (χ1) is 16.9. The van der Waals surface area contributed by atoms with Crippen molar-refractivity contribution in [3.05, 3.63) is 30.1 Å². The predicted molar refractivity (Wildman–Crippen MR) is 141 cm³/mol. The van der Waals surface area contributed by atoms with Gasteiger partial charge in [0.05, 0.1) is 18.7 Å². The standard InChI is InChI=1S/C28H43N5O/c1-2-3-4-5-6-7-8-9-10-11-12-13-14-19-26-30-27-24-17-15-16-18-25(24)29-28(33(27)31-26)32-20-22-34-23-21-32/h15-18H,2-14,19-23H2,1H3. The molecule has 0 bridgehead atoms. The Hall–Kier alpha value is -2.21. The van der Waals surface area contributed by atoms with Gasteiger partial charge in [-0.1, -0.05) is 96.1 Å². The van der Waals surface area contributed by atoms with Gasteiger partial charge in [0.15, 0.2) is 11.5 Å². The molecule has 0 unspecified atom stereocenters. The molecule has 0 amide bonds. The molecule has 1 aliphatic heterocycles. The quantitative estimate of drug-likeness (QED) is 0.232. The molecule has 0 saturated carbocycles. The van der Waals surface area contributed by atoms with E-state index < -0.39 is 0 Å². The molecule has 34 heavy (non-hydrogen) atoms. The number of benzene rings is 1. The van der Waals surface area contributed by atoms with Crippen LogP contribution < -0.4 is 4.90 Å². The first-order valence-corrected chi connectivity index (χ1v) is 13.8. The summed E-state index contributed by atoms with van der Waals surface area (Å²) in [5.41, 5.74) is 1.91. The van der Waals surface area contributed by atoms with Crippen LogP contribution in [-0.4, -0.2) is 45.9 Å². The molecule has 0 N–H and O–H groups in total. The minimum atomic E-state index is 0.733. The van der Waals surface area contributed by atoms with Crippen LogP contribution in [-0.2, 0) is 11.2 Å². The topological polar surface area (TPSA) is 55.5 Å². The number of hydrogen-bond donors (Lipinski definition) is 0. The van der Waals surface area contributed by atoms with Gasteiger partial charge in [-0.2, -0.15) is 4.52 Å². The number of morpholine rings is 1. The molecular weight excluding hydrogens is 422 g/mol. The third-order valence-corrected chi connectivity index (χ3v) is 7.00. The van der Waals surface area contributed by atoms with Crippen LogP contribution in [0.25, 0.3) is 16.6 Å². The molecule has 0 atom stereocenters. The molecule has 186 valence electrons. The lowest BCUT2D eigenvalue weighted by molar-refractivity contribution is 0.122. The Bertz CT molecular complexity index is 995. The zero-order valence-corrected chi connectivity index (χ0v) is 21.2. The van der Waals surface area contributed by atoms with Crippen molar-refractivity contribution in [2.45, 2.75) is 96.8 Å². The van der Waals surface area contributed by atoms with Crippen LogP contribution in [0.1, 0.15) is 96.2 Å². The predicted octanol–water partition coefficient (Wildman–Crippen LogP) is 6.75. The molecule has 3 heterocycles. The van der Waals surface area contributed by atoms with Gasteiger partial charge in [-0.05, 0) is 18.6 Å². The second-order valence-electron chi connectivity index (χ2n) is 9.78. The fourth-order valence-electron chi connectivity index (χ4n) is 4.96. The van der Waals surface area contributed by atoms with Crippen molar-refractivity contribution in [3.63, 3.8) is 0 Å². The van der Waals surface area contributed by atoms with Crippen LogP contribution in [0.3, 0.4) is 0 Å². The summed E-state index contributed by atoms with van der Waals surface area (Å²) in [5, 5.41) is 5.97. The first-order valence-electron chi connectivity index (χ1n) is 13.8. The van der Waals surface area contributed by atoms with Crippen molar-refractivity contribution in [2.75, 3.05) is 31.2 Å². The minimum absolute atomic E-state index is 0.733. The van der Waals surface area contributed by atoms with E-state index in [2.05, 4.69) is 30.0 Å². The average molecular weight is 466 g/mol. The monoisotopic (exact) mass is 465 g/mol. The molecule has 4 rings (SSSR count). The first kappa shape index (κ1) is 24.9. The number of aromatic nitrogens is 4. The maximum Gasteiger partial charge on any atom is 0.229 e. The van der Waals surface area contributed by atoms with Gasteiger partial charge in [0.25, 0.3) is 0 Å². The third kappa shape index (κ3) is 6.91. The fourth-order valence-corrected chi connectivity index (χ4v) is 4.96. The van der Waals surface area contributed by atoms with Crippen molar-refractivity contribution in [1.29, 1.82) is 0 Å². The Kier molecular flexibility index (Phi) is 9.97. The SMILES string of the molecule is CCCCCCCCCCCCCCCc1nc2c3ccccc3nc(N3CCOCC3)n2n1. The summed E-state index contributed by atoms with van der Waals surface area (Å²) in [4.78, 5) is 12.2. The largest absolute Gasteiger partial charge is 0.378 e. The van der Waals surface area contributed by atoms with Crippen LogP contribution in [0.4, 0.5) is 5.95 Å². The highest BCUT2D eigenvalue weighted by molar-refractivity contribution is 5.92. The Labute approximate surface area is 205 Å². The van der Waals surface area contributed by atoms with Gasteiger partial charge in [-0.15, -0.1) is 5.10 Å². The molecule has 2 aromatic heterocycles. The molecule has 1 aliphatic rings. The van der Waals surface area contributed by atoms with Crippen molar-refractivity contribution in [3.8, 4) is 0 Å². The van der Waals surface area contributed by atoms with E-state index in [4.69, 9.17) is 19.8 Å². The molecule has 1 saturated heterocycles. The van der Waals surface area contributed by atoms with Crippen LogP contribution in [0.2, 0.25) is 0 Å². The van der Waals surface area contributed by atoms with Crippen LogP contribution >= 0.6 is 0 Å². The smallest absolute Gasteiger partial charge is 0.229 e. The lowest BCUT2D eigenvalue weighted by Gasteiger charge is -2.27. The van der Waals surface area contributed by atoms with Crippen molar-refractivity contribution in [2.24, 2.45) is 0 Å². The molecular formula is C28H43N5O. The van der Waals surface area contributed by atoms with Crippen molar-refractivity contribution in [1.82, 2.24) is 19.6 Å². The highest BCUT2D eigenvalue weighted by Crippen LogP contribution is 2.24. The van der Waals surface area contributed by atoms with E-state index >= 15 is 0 Å². The Morgan fingerprint density at radius 3 is 2.06 bits per heavy atom. The number of rotatable bonds is 15. The normalized spacial score (nSPS) is 14.4. The second kappa shape index (κ2) is 13.6. The fraction of sp³-hybridized carbons (Fsp3) is 0.679. The molecule has 0 aliphatic carbocycles. The van der Waals surface area contributed by atoms with Gasteiger partial charge in [-0.25, -0.2) is 9.97 Å². The van der Waals surface area contributed by atoms with E-state index in [9.17, 15) is 0 Å². The number of nitrogens with zero attached hydrogens (tertiary/aromatic N) is 5. The summed E-state index contributed by atoms with van der Waals surface area (Å²) in [7, 11) is 0. The molecule has 0 spiro atoms. The second-order valence-corrected chi connectivity index (χ2v) is 9.78. The highest BCUT2D eigenvalue weighted by atomic mass is 16.5. The lowest BCUT2D eigenvalue weighted by Crippen LogP contribution is -2.38. The van der Waals surface area contributed by atoms with Gasteiger partial charge >= 0.3 is 0 Å². The summed E-state index contributed by atoms with van der Waals surface area (Å²) in [6.45, 7) is 5.44.